The molecule has 2 heterocycles. The fourth-order valence-electron chi connectivity index (χ4n) is 4.79. The maximum absolute atomic E-state index is 14.0. The molecule has 2 aliphatic rings. The van der Waals surface area contributed by atoms with Gasteiger partial charge in [-0.05, 0) is 47.7 Å². The Kier molecular flexibility index (Phi) is 7.77. The topological polar surface area (TPSA) is 125 Å². The summed E-state index contributed by atoms with van der Waals surface area (Å²) in [6.45, 7) is 7.26. The lowest BCUT2D eigenvalue weighted by molar-refractivity contribution is -0.129. The number of anilines is 1. The second-order valence-corrected chi connectivity index (χ2v) is 15.2. The van der Waals surface area contributed by atoms with Crippen LogP contribution in [0.2, 0.25) is 5.02 Å². The Labute approximate surface area is 232 Å². The highest BCUT2D eigenvalue weighted by molar-refractivity contribution is 7.89. The van der Waals surface area contributed by atoms with Crippen molar-refractivity contribution in [3.8, 4) is 0 Å². The third-order valence-corrected chi connectivity index (χ3v) is 9.48. The van der Waals surface area contributed by atoms with Gasteiger partial charge < -0.3 is 19.8 Å². The van der Waals surface area contributed by atoms with Crippen LogP contribution in [-0.2, 0) is 36.0 Å². The molecule has 0 saturated carbocycles. The van der Waals surface area contributed by atoms with Crippen molar-refractivity contribution in [3.63, 3.8) is 0 Å². The normalized spacial score (nSPS) is 21.6. The van der Waals surface area contributed by atoms with Crippen molar-refractivity contribution >= 4 is 51.7 Å². The number of hydrogen-bond donors (Lipinski definition) is 2. The Morgan fingerprint density at radius 1 is 1.21 bits per heavy atom. The van der Waals surface area contributed by atoms with Gasteiger partial charge in [0.25, 0.3) is 5.91 Å². The minimum atomic E-state index is -3.96. The molecule has 2 N–H and O–H groups in total. The van der Waals surface area contributed by atoms with Crippen LogP contribution < -0.4 is 10.6 Å². The Morgan fingerprint density at radius 3 is 2.46 bits per heavy atom. The Morgan fingerprint density at radius 2 is 1.87 bits per heavy atom. The van der Waals surface area contributed by atoms with Gasteiger partial charge >= 0.3 is 7.52 Å². The van der Waals surface area contributed by atoms with Gasteiger partial charge in [-0.15, -0.1) is 0 Å². The summed E-state index contributed by atoms with van der Waals surface area (Å²) in [7, 11) is -7.32. The first-order valence-corrected chi connectivity index (χ1v) is 16.2. The molecule has 0 bridgehead atoms. The number of amides is 1. The van der Waals surface area contributed by atoms with E-state index in [0.29, 0.717) is 16.8 Å². The molecular formula is C26H30ClFN3O6PS. The number of nitrogens with one attached hydrogen (secondary N) is 1. The summed E-state index contributed by atoms with van der Waals surface area (Å²) >= 11 is 5.95. The van der Waals surface area contributed by atoms with Gasteiger partial charge in [-0.3, -0.25) is 9.36 Å². The van der Waals surface area contributed by atoms with Crippen LogP contribution in [0.3, 0.4) is 0 Å². The number of amidine groups is 1. The van der Waals surface area contributed by atoms with Gasteiger partial charge in [0.15, 0.2) is 15.7 Å². The van der Waals surface area contributed by atoms with E-state index in [1.807, 2.05) is 20.8 Å². The summed E-state index contributed by atoms with van der Waals surface area (Å²) in [6.07, 6.45) is 1.10. The van der Waals surface area contributed by atoms with Crippen molar-refractivity contribution in [2.24, 2.45) is 10.2 Å². The third-order valence-electron chi connectivity index (χ3n) is 6.28. The first-order chi connectivity index (χ1) is 18.0. The highest BCUT2D eigenvalue weighted by atomic mass is 35.5. The lowest BCUT2D eigenvalue weighted by Gasteiger charge is -2.35. The van der Waals surface area contributed by atoms with Crippen molar-refractivity contribution in [3.05, 3.63) is 69.7 Å². The predicted octanol–water partition coefficient (Wildman–Crippen LogP) is 4.97. The quantitative estimate of drug-likeness (QED) is 0.432. The van der Waals surface area contributed by atoms with Gasteiger partial charge in [0, 0.05) is 12.8 Å². The zero-order chi connectivity index (χ0) is 28.9. The van der Waals surface area contributed by atoms with E-state index in [-0.39, 0.29) is 46.4 Å². The number of carbonyl (C=O) groups is 1. The van der Waals surface area contributed by atoms with E-state index in [1.54, 1.807) is 19.1 Å². The van der Waals surface area contributed by atoms with E-state index in [1.165, 1.54) is 29.2 Å². The van der Waals surface area contributed by atoms with E-state index in [9.17, 15) is 27.3 Å². The van der Waals surface area contributed by atoms with Gasteiger partial charge in [-0.1, -0.05) is 44.5 Å². The predicted molar refractivity (Wildman–Crippen MR) is 150 cm³/mol. The van der Waals surface area contributed by atoms with Crippen LogP contribution in [-0.4, -0.2) is 49.1 Å². The number of sulfone groups is 1. The molecule has 4 rings (SSSR count). The molecule has 0 aromatic heterocycles. The van der Waals surface area contributed by atoms with Crippen molar-refractivity contribution in [1.82, 2.24) is 4.90 Å². The third kappa shape index (κ3) is 5.91. The smallest absolute Gasteiger partial charge is 0.348 e. The summed E-state index contributed by atoms with van der Waals surface area (Å²) in [6, 6.07) is 7.94. The lowest BCUT2D eigenvalue weighted by atomic mass is 9.85. The number of carbonyl (C=O) groups excluding carboxylic acids is 1. The molecule has 0 saturated heterocycles. The molecule has 0 radical (unpaired) electrons. The van der Waals surface area contributed by atoms with Crippen LogP contribution in [0.5, 0.6) is 0 Å². The van der Waals surface area contributed by atoms with Crippen molar-refractivity contribution in [1.29, 1.82) is 0 Å². The monoisotopic (exact) mass is 597 g/mol. The highest BCUT2D eigenvalue weighted by Crippen LogP contribution is 2.53. The Hall–Kier alpha value is -2.72. The van der Waals surface area contributed by atoms with E-state index < -0.39 is 40.5 Å². The molecule has 13 heteroatoms. The first-order valence-electron chi connectivity index (χ1n) is 12.2. The van der Waals surface area contributed by atoms with Gasteiger partial charge in [-0.2, -0.15) is 4.76 Å². The summed E-state index contributed by atoms with van der Waals surface area (Å²) < 4.78 is 61.2. The maximum atomic E-state index is 14.0. The summed E-state index contributed by atoms with van der Waals surface area (Å²) in [5, 5.41) is 14.5. The molecule has 1 unspecified atom stereocenters. The molecule has 2 atom stereocenters. The number of nitrogens with zero attached hydrogens (tertiary/aromatic N) is 2. The molecule has 1 amide bonds. The molecule has 39 heavy (non-hydrogen) atoms. The second kappa shape index (κ2) is 10.4. The largest absolute Gasteiger partial charge is 0.509 e. The van der Waals surface area contributed by atoms with E-state index in [0.717, 1.165) is 6.26 Å². The number of halogens is 2. The maximum Gasteiger partial charge on any atom is 0.348 e. The standard InChI is InChI=1S/C26H30ClFN3O6PS/c1-6-37-38(34)20-12-16(14-39(5,35)36)8-10-19(20)29-24(30-38)21-22(32)23(26(2,3)4)31(25(21)33)13-15-7-9-18(28)17(27)11-15/h7-12,23,32H,6,13-14H2,1-5H3,(H,29,30,34)/t23-,38?/m1/s1. The van der Waals surface area contributed by atoms with E-state index >= 15 is 0 Å². The number of aliphatic hydroxyl groups is 1. The van der Waals surface area contributed by atoms with Crippen molar-refractivity contribution in [2.75, 3.05) is 18.2 Å². The molecular weight excluding hydrogens is 568 g/mol. The molecule has 0 spiro atoms. The van der Waals surface area contributed by atoms with E-state index in [2.05, 4.69) is 10.1 Å². The van der Waals surface area contributed by atoms with Gasteiger partial charge in [0.05, 0.1) is 34.4 Å². The summed E-state index contributed by atoms with van der Waals surface area (Å²) in [5.74, 6) is -1.80. The first kappa shape index (κ1) is 29.3. The Bertz CT molecular complexity index is 1570. The number of rotatable bonds is 7. The zero-order valence-electron chi connectivity index (χ0n) is 22.2. The number of benzene rings is 2. The van der Waals surface area contributed by atoms with Crippen LogP contribution in [0, 0.1) is 11.2 Å². The number of fused-ring (bicyclic) bond motifs is 1. The summed E-state index contributed by atoms with van der Waals surface area (Å²) in [5.41, 5.74) is 0.503. The molecule has 0 aliphatic carbocycles. The molecule has 2 aromatic rings. The molecule has 2 aliphatic heterocycles. The molecule has 2 aromatic carbocycles. The van der Waals surface area contributed by atoms with Crippen LogP contribution in [0.15, 0.2) is 52.5 Å². The summed E-state index contributed by atoms with van der Waals surface area (Å²) in [4.78, 5) is 15.2. The van der Waals surface area contributed by atoms with Crippen molar-refractivity contribution < 1.29 is 31.8 Å². The zero-order valence-corrected chi connectivity index (χ0v) is 24.6. The minimum absolute atomic E-state index is 0.0240. The van der Waals surface area contributed by atoms with Crippen molar-refractivity contribution in [2.45, 2.75) is 46.0 Å². The van der Waals surface area contributed by atoms with Gasteiger partial charge in [0.2, 0.25) is 0 Å². The fourth-order valence-corrected chi connectivity index (χ4v) is 7.61. The molecule has 0 fully saturated rings. The SMILES string of the molecule is CCOP1(=O)N=C(C2=C(O)[C@H](C(C)(C)C)N(Cc3ccc(F)c(Cl)c3)C2=O)Nc2ccc(CS(C)(=O)=O)cc21. The average Bonchev–Trinajstić information content (AvgIpc) is 3.05. The second-order valence-electron chi connectivity index (χ2n) is 10.6. The lowest BCUT2D eigenvalue weighted by Crippen LogP contribution is -2.43. The van der Waals surface area contributed by atoms with Crippen LogP contribution in [0.4, 0.5) is 10.1 Å². The number of aliphatic hydroxyl groups excluding tert-OH is 1. The highest BCUT2D eigenvalue weighted by Gasteiger charge is 2.48. The number of hydrogen-bond acceptors (Lipinski definition) is 7. The van der Waals surface area contributed by atoms with Crippen LogP contribution in [0.25, 0.3) is 0 Å². The van der Waals surface area contributed by atoms with Gasteiger partial charge in [-0.25, -0.2) is 12.8 Å². The van der Waals surface area contributed by atoms with Gasteiger partial charge in [0.1, 0.15) is 17.1 Å². The van der Waals surface area contributed by atoms with E-state index in [4.69, 9.17) is 16.1 Å². The fraction of sp³-hybridized carbons (Fsp3) is 0.385. The minimum Gasteiger partial charge on any atom is -0.509 e. The molecule has 9 nitrogen and oxygen atoms in total. The van der Waals surface area contributed by atoms with Crippen LogP contribution in [0.1, 0.15) is 38.8 Å². The molecule has 210 valence electrons. The Balaban J connectivity index is 1.79. The van der Waals surface area contributed by atoms with Crippen LogP contribution >= 0.6 is 19.1 Å². The average molecular weight is 598 g/mol.